The molecule has 0 spiro atoms. The number of hydrogen-bond donors (Lipinski definition) is 1. The summed E-state index contributed by atoms with van der Waals surface area (Å²) in [6, 6.07) is 8.82. The summed E-state index contributed by atoms with van der Waals surface area (Å²) in [4.78, 5) is 14.5. The number of nitrogens with one attached hydrogen (secondary N) is 1. The molecule has 1 unspecified atom stereocenters. The first-order chi connectivity index (χ1) is 9.92. The van der Waals surface area contributed by atoms with Gasteiger partial charge in [-0.1, -0.05) is 12.1 Å². The zero-order valence-electron chi connectivity index (χ0n) is 11.1. The Bertz CT molecular complexity index is 671. The van der Waals surface area contributed by atoms with Crippen LogP contribution in [0.3, 0.4) is 0 Å². The molecular weight excluding hydrogens is 252 g/mol. The maximum absolute atomic E-state index is 5.91. The largest absolute Gasteiger partial charge is 0.423 e. The number of rotatable bonds is 2. The van der Waals surface area contributed by atoms with Gasteiger partial charge in [-0.05, 0) is 31.4 Å². The van der Waals surface area contributed by atoms with E-state index < -0.39 is 0 Å². The minimum absolute atomic E-state index is 0.229. The van der Waals surface area contributed by atoms with E-state index in [1.807, 2.05) is 30.5 Å². The van der Waals surface area contributed by atoms with Crippen LogP contribution in [0.15, 0.2) is 41.1 Å². The van der Waals surface area contributed by atoms with Crippen LogP contribution in [0.2, 0.25) is 0 Å². The quantitative estimate of drug-likeness (QED) is 0.775. The summed E-state index contributed by atoms with van der Waals surface area (Å²) in [5.74, 6) is 0.993. The Morgan fingerprint density at radius 1 is 1.25 bits per heavy atom. The molecule has 2 aromatic heterocycles. The summed E-state index contributed by atoms with van der Waals surface area (Å²) in [6.45, 7) is 0.957. The Hall–Kier alpha value is -2.30. The third-order valence-corrected chi connectivity index (χ3v) is 3.87. The van der Waals surface area contributed by atoms with E-state index in [4.69, 9.17) is 4.42 Å². The second kappa shape index (κ2) is 4.67. The highest BCUT2D eigenvalue weighted by molar-refractivity contribution is 5.74. The molecule has 3 aromatic rings. The van der Waals surface area contributed by atoms with Crippen molar-refractivity contribution in [1.82, 2.24) is 15.0 Å². The number of para-hydroxylation sites is 2. The lowest BCUT2D eigenvalue weighted by Gasteiger charge is -2.33. The molecule has 0 saturated carbocycles. The van der Waals surface area contributed by atoms with Crippen LogP contribution in [-0.2, 0) is 0 Å². The number of benzene rings is 1. The van der Waals surface area contributed by atoms with Gasteiger partial charge in [-0.25, -0.2) is 4.98 Å². The minimum atomic E-state index is 0.229. The molecule has 20 heavy (non-hydrogen) atoms. The van der Waals surface area contributed by atoms with Crippen molar-refractivity contribution in [2.75, 3.05) is 11.4 Å². The first-order valence-corrected chi connectivity index (χ1v) is 7.03. The number of aromatic nitrogens is 3. The number of nitrogens with zero attached hydrogens (tertiary/aromatic N) is 3. The molecule has 0 amide bonds. The average Bonchev–Trinajstić information content (AvgIpc) is 3.16. The summed E-state index contributed by atoms with van der Waals surface area (Å²) in [5, 5.41) is 0. The van der Waals surface area contributed by atoms with Crippen LogP contribution >= 0.6 is 0 Å². The molecular formula is C15H16N4O. The second-order valence-electron chi connectivity index (χ2n) is 5.14. The number of oxazole rings is 1. The molecule has 1 aliphatic heterocycles. The molecule has 4 rings (SSSR count). The molecule has 0 bridgehead atoms. The summed E-state index contributed by atoms with van der Waals surface area (Å²) < 4.78 is 5.91. The van der Waals surface area contributed by atoms with Crippen LogP contribution in [0, 0.1) is 0 Å². The van der Waals surface area contributed by atoms with Crippen LogP contribution < -0.4 is 4.90 Å². The van der Waals surface area contributed by atoms with E-state index >= 15 is 0 Å². The molecule has 0 radical (unpaired) electrons. The number of anilines is 1. The van der Waals surface area contributed by atoms with Gasteiger partial charge in [0.1, 0.15) is 11.3 Å². The van der Waals surface area contributed by atoms with E-state index in [2.05, 4.69) is 19.9 Å². The van der Waals surface area contributed by atoms with Gasteiger partial charge < -0.3 is 14.3 Å². The third-order valence-electron chi connectivity index (χ3n) is 3.87. The number of piperidine rings is 1. The van der Waals surface area contributed by atoms with Crippen molar-refractivity contribution in [3.05, 3.63) is 42.5 Å². The van der Waals surface area contributed by atoms with Gasteiger partial charge in [0.05, 0.1) is 6.04 Å². The Morgan fingerprint density at radius 2 is 2.20 bits per heavy atom. The van der Waals surface area contributed by atoms with E-state index in [0.29, 0.717) is 6.01 Å². The maximum atomic E-state index is 5.91. The van der Waals surface area contributed by atoms with Crippen molar-refractivity contribution in [2.45, 2.75) is 25.3 Å². The standard InChI is InChI=1S/C15H16N4O/c1-2-7-13-11(5-1)18-15(20-13)19-10-4-3-6-12(19)14-16-8-9-17-14/h1-2,5,7-9,12H,3-4,6,10H2,(H,16,17). The maximum Gasteiger partial charge on any atom is 0.299 e. The van der Waals surface area contributed by atoms with Gasteiger partial charge in [-0.3, -0.25) is 0 Å². The van der Waals surface area contributed by atoms with Crippen molar-refractivity contribution >= 4 is 17.1 Å². The molecule has 1 atom stereocenters. The third kappa shape index (κ3) is 1.86. The van der Waals surface area contributed by atoms with Crippen LogP contribution in [0.4, 0.5) is 6.01 Å². The number of imidazole rings is 1. The fourth-order valence-corrected chi connectivity index (χ4v) is 2.89. The number of fused-ring (bicyclic) bond motifs is 1. The molecule has 1 N–H and O–H groups in total. The zero-order valence-corrected chi connectivity index (χ0v) is 11.1. The average molecular weight is 268 g/mol. The van der Waals surface area contributed by atoms with Crippen molar-refractivity contribution in [2.24, 2.45) is 0 Å². The predicted molar refractivity (Wildman–Crippen MR) is 76.5 cm³/mol. The molecule has 1 aliphatic rings. The Kier molecular flexibility index (Phi) is 2.69. The second-order valence-corrected chi connectivity index (χ2v) is 5.14. The van der Waals surface area contributed by atoms with Gasteiger partial charge in [0, 0.05) is 18.9 Å². The zero-order chi connectivity index (χ0) is 13.4. The molecule has 0 aliphatic carbocycles. The molecule has 1 saturated heterocycles. The highest BCUT2D eigenvalue weighted by Gasteiger charge is 2.29. The highest BCUT2D eigenvalue weighted by Crippen LogP contribution is 2.34. The number of hydrogen-bond acceptors (Lipinski definition) is 4. The Labute approximate surface area is 116 Å². The number of H-pyrrole nitrogens is 1. The summed E-state index contributed by atoms with van der Waals surface area (Å²) in [7, 11) is 0. The molecule has 5 heteroatoms. The SMILES string of the molecule is c1ccc2oc(N3CCCCC3c3ncc[nH]3)nc2c1. The molecule has 5 nitrogen and oxygen atoms in total. The van der Waals surface area contributed by atoms with E-state index in [-0.39, 0.29) is 6.04 Å². The molecule has 1 aromatic carbocycles. The van der Waals surface area contributed by atoms with E-state index in [0.717, 1.165) is 36.3 Å². The van der Waals surface area contributed by atoms with Gasteiger partial charge in [-0.2, -0.15) is 4.98 Å². The monoisotopic (exact) mass is 268 g/mol. The summed E-state index contributed by atoms with van der Waals surface area (Å²) in [6.07, 6.45) is 7.12. The molecule has 3 heterocycles. The smallest absolute Gasteiger partial charge is 0.299 e. The molecule has 1 fully saturated rings. The van der Waals surface area contributed by atoms with E-state index in [1.165, 1.54) is 6.42 Å². The fourth-order valence-electron chi connectivity index (χ4n) is 2.89. The van der Waals surface area contributed by atoms with Crippen LogP contribution in [0.25, 0.3) is 11.1 Å². The highest BCUT2D eigenvalue weighted by atomic mass is 16.4. The van der Waals surface area contributed by atoms with Crippen molar-refractivity contribution < 1.29 is 4.42 Å². The van der Waals surface area contributed by atoms with E-state index in [1.54, 1.807) is 6.20 Å². The lowest BCUT2D eigenvalue weighted by Crippen LogP contribution is -2.34. The lowest BCUT2D eigenvalue weighted by atomic mass is 10.0. The van der Waals surface area contributed by atoms with Crippen LogP contribution in [-0.4, -0.2) is 21.5 Å². The first-order valence-electron chi connectivity index (χ1n) is 7.03. The van der Waals surface area contributed by atoms with E-state index in [9.17, 15) is 0 Å². The summed E-state index contributed by atoms with van der Waals surface area (Å²) in [5.41, 5.74) is 1.75. The number of aromatic amines is 1. The normalized spacial score (nSPS) is 19.6. The lowest BCUT2D eigenvalue weighted by molar-refractivity contribution is 0.422. The Balaban J connectivity index is 1.74. The van der Waals surface area contributed by atoms with Gasteiger partial charge >= 0.3 is 0 Å². The molecule has 102 valence electrons. The Morgan fingerprint density at radius 3 is 3.05 bits per heavy atom. The van der Waals surface area contributed by atoms with Gasteiger partial charge in [-0.15, -0.1) is 0 Å². The van der Waals surface area contributed by atoms with Crippen molar-refractivity contribution in [1.29, 1.82) is 0 Å². The van der Waals surface area contributed by atoms with Gasteiger partial charge in [0.15, 0.2) is 5.58 Å². The van der Waals surface area contributed by atoms with Gasteiger partial charge in [0.2, 0.25) is 0 Å². The van der Waals surface area contributed by atoms with Crippen LogP contribution in [0.5, 0.6) is 0 Å². The topological polar surface area (TPSA) is 58.0 Å². The first kappa shape index (κ1) is 11.5. The minimum Gasteiger partial charge on any atom is -0.423 e. The van der Waals surface area contributed by atoms with Gasteiger partial charge in [0.25, 0.3) is 6.01 Å². The van der Waals surface area contributed by atoms with Crippen LogP contribution in [0.1, 0.15) is 31.1 Å². The fraction of sp³-hybridized carbons (Fsp3) is 0.333. The van der Waals surface area contributed by atoms with Crippen molar-refractivity contribution in [3.63, 3.8) is 0 Å². The summed E-state index contributed by atoms with van der Waals surface area (Å²) >= 11 is 0. The van der Waals surface area contributed by atoms with Crippen molar-refractivity contribution in [3.8, 4) is 0 Å². The predicted octanol–water partition coefficient (Wildman–Crippen LogP) is 3.28.